The van der Waals surface area contributed by atoms with Gasteiger partial charge in [0.15, 0.2) is 0 Å². The van der Waals surface area contributed by atoms with Gasteiger partial charge in [-0.25, -0.2) is 0 Å². The van der Waals surface area contributed by atoms with Crippen molar-refractivity contribution in [3.63, 3.8) is 0 Å². The molecule has 3 heteroatoms. The molecule has 0 aliphatic rings. The highest BCUT2D eigenvalue weighted by atomic mass is 127. The van der Waals surface area contributed by atoms with E-state index < -0.39 is 0 Å². The van der Waals surface area contributed by atoms with Crippen LogP contribution in [0.3, 0.4) is 0 Å². The Bertz CT molecular complexity index is 134. The molecule has 1 atom stereocenters. The standard InChI is InChI=1S/C7H12INO/c1-3-4-6(2)9-5-7(8)10/h3-4,6,9H,5H2,1-2H3. The van der Waals surface area contributed by atoms with Crippen molar-refractivity contribution in [3.05, 3.63) is 12.2 Å². The second kappa shape index (κ2) is 5.85. The third-order valence-corrected chi connectivity index (χ3v) is 1.43. The van der Waals surface area contributed by atoms with Crippen molar-refractivity contribution in [2.24, 2.45) is 0 Å². The Morgan fingerprint density at radius 3 is 2.80 bits per heavy atom. The summed E-state index contributed by atoms with van der Waals surface area (Å²) in [4.78, 5) is 10.5. The molecule has 0 rings (SSSR count). The molecule has 0 aliphatic heterocycles. The van der Waals surface area contributed by atoms with Crippen LogP contribution in [0, 0.1) is 0 Å². The maximum absolute atomic E-state index is 10.5. The fourth-order valence-corrected chi connectivity index (χ4v) is 0.818. The van der Waals surface area contributed by atoms with E-state index in [0.29, 0.717) is 12.6 Å². The van der Waals surface area contributed by atoms with Crippen LogP contribution in [0.25, 0.3) is 0 Å². The van der Waals surface area contributed by atoms with Crippen LogP contribution in [-0.4, -0.2) is 16.4 Å². The molecule has 0 aliphatic carbocycles. The summed E-state index contributed by atoms with van der Waals surface area (Å²) in [5.41, 5.74) is 0. The predicted molar refractivity (Wildman–Crippen MR) is 51.3 cm³/mol. The van der Waals surface area contributed by atoms with Crippen LogP contribution in [0.5, 0.6) is 0 Å². The second-order valence-electron chi connectivity index (χ2n) is 2.05. The smallest absolute Gasteiger partial charge is 0.206 e. The average Bonchev–Trinajstić information content (AvgIpc) is 1.85. The SMILES string of the molecule is CC=CC(C)NCC(=O)I. The van der Waals surface area contributed by atoms with E-state index in [1.54, 1.807) is 22.6 Å². The van der Waals surface area contributed by atoms with Gasteiger partial charge in [0.2, 0.25) is 3.79 Å². The highest BCUT2D eigenvalue weighted by Gasteiger charge is 1.96. The molecule has 2 nitrogen and oxygen atoms in total. The Balaban J connectivity index is 3.39. The lowest BCUT2D eigenvalue weighted by molar-refractivity contribution is -0.108. The average molecular weight is 253 g/mol. The first-order chi connectivity index (χ1) is 4.66. The first-order valence-corrected chi connectivity index (χ1v) is 4.29. The molecule has 1 N–H and O–H groups in total. The third kappa shape index (κ3) is 6.22. The molecule has 0 fully saturated rings. The molecule has 0 amide bonds. The molecule has 0 aromatic rings. The summed E-state index contributed by atoms with van der Waals surface area (Å²) in [5, 5.41) is 3.04. The summed E-state index contributed by atoms with van der Waals surface area (Å²) in [6, 6.07) is 0.295. The van der Waals surface area contributed by atoms with Gasteiger partial charge in [0.25, 0.3) is 0 Å². The van der Waals surface area contributed by atoms with Crippen LogP contribution < -0.4 is 5.32 Å². The van der Waals surface area contributed by atoms with Crippen LogP contribution in [0.4, 0.5) is 0 Å². The normalized spacial score (nSPS) is 13.9. The van der Waals surface area contributed by atoms with Crippen molar-refractivity contribution in [2.45, 2.75) is 19.9 Å². The largest absolute Gasteiger partial charge is 0.303 e. The summed E-state index contributed by atoms with van der Waals surface area (Å²) < 4.78 is 0.147. The lowest BCUT2D eigenvalue weighted by atomic mass is 10.3. The van der Waals surface area contributed by atoms with Gasteiger partial charge >= 0.3 is 0 Å². The number of hydrogen-bond acceptors (Lipinski definition) is 2. The summed E-state index contributed by atoms with van der Waals surface area (Å²) in [5.74, 6) is 0. The van der Waals surface area contributed by atoms with Crippen molar-refractivity contribution < 1.29 is 4.79 Å². The van der Waals surface area contributed by atoms with Gasteiger partial charge < -0.3 is 5.32 Å². The van der Waals surface area contributed by atoms with Crippen LogP contribution >= 0.6 is 22.6 Å². The molecule has 58 valence electrons. The number of carbonyl (C=O) groups excluding carboxylic acids is 1. The van der Waals surface area contributed by atoms with E-state index in [-0.39, 0.29) is 3.79 Å². The zero-order valence-electron chi connectivity index (χ0n) is 6.23. The molecular formula is C7H12INO. The molecule has 1 unspecified atom stereocenters. The second-order valence-corrected chi connectivity index (χ2v) is 3.25. The van der Waals surface area contributed by atoms with Crippen molar-refractivity contribution in [1.29, 1.82) is 0 Å². The molecule has 0 saturated carbocycles. The van der Waals surface area contributed by atoms with E-state index in [2.05, 4.69) is 5.32 Å². The monoisotopic (exact) mass is 253 g/mol. The van der Waals surface area contributed by atoms with E-state index >= 15 is 0 Å². The highest BCUT2D eigenvalue weighted by Crippen LogP contribution is 1.86. The molecule has 0 heterocycles. The minimum absolute atomic E-state index is 0.147. The summed E-state index contributed by atoms with van der Waals surface area (Å²) >= 11 is 1.78. The van der Waals surface area contributed by atoms with E-state index in [1.807, 2.05) is 26.0 Å². The van der Waals surface area contributed by atoms with Gasteiger partial charge in [-0.05, 0) is 13.8 Å². The lowest BCUT2D eigenvalue weighted by Gasteiger charge is -2.05. The van der Waals surface area contributed by atoms with Crippen LogP contribution in [0.15, 0.2) is 12.2 Å². The van der Waals surface area contributed by atoms with Crippen LogP contribution in [0.1, 0.15) is 13.8 Å². The predicted octanol–water partition coefficient (Wildman–Crippen LogP) is 1.50. The molecule has 0 radical (unpaired) electrons. The number of nitrogens with one attached hydrogen (secondary N) is 1. The highest BCUT2D eigenvalue weighted by molar-refractivity contribution is 14.1. The zero-order valence-corrected chi connectivity index (χ0v) is 8.38. The van der Waals surface area contributed by atoms with Gasteiger partial charge in [-0.3, -0.25) is 4.79 Å². The number of allylic oxidation sites excluding steroid dienone is 1. The van der Waals surface area contributed by atoms with Gasteiger partial charge in [0.05, 0.1) is 6.54 Å². The number of hydrogen-bond donors (Lipinski definition) is 1. The van der Waals surface area contributed by atoms with Gasteiger partial charge in [-0.2, -0.15) is 0 Å². The zero-order chi connectivity index (χ0) is 7.98. The van der Waals surface area contributed by atoms with Crippen molar-refractivity contribution in [3.8, 4) is 0 Å². The van der Waals surface area contributed by atoms with Crippen molar-refractivity contribution >= 4 is 26.4 Å². The maximum atomic E-state index is 10.5. The van der Waals surface area contributed by atoms with E-state index in [4.69, 9.17) is 0 Å². The fourth-order valence-electron chi connectivity index (χ4n) is 0.598. The molecule has 0 aromatic carbocycles. The topological polar surface area (TPSA) is 29.1 Å². The molecule has 0 saturated heterocycles. The fraction of sp³-hybridized carbons (Fsp3) is 0.571. The Kier molecular flexibility index (Phi) is 5.91. The first kappa shape index (κ1) is 10.1. The number of rotatable bonds is 4. The van der Waals surface area contributed by atoms with Crippen LogP contribution in [0.2, 0.25) is 0 Å². The molecule has 0 spiro atoms. The minimum atomic E-state index is 0.147. The number of carbonyl (C=O) groups is 1. The summed E-state index contributed by atoms with van der Waals surface area (Å²) in [6.07, 6.45) is 3.98. The summed E-state index contributed by atoms with van der Waals surface area (Å²) in [7, 11) is 0. The van der Waals surface area contributed by atoms with Gasteiger partial charge in [-0.15, -0.1) is 0 Å². The van der Waals surface area contributed by atoms with E-state index in [0.717, 1.165) is 0 Å². The Hall–Kier alpha value is 0.100. The summed E-state index contributed by atoms with van der Waals surface area (Å²) in [6.45, 7) is 4.43. The van der Waals surface area contributed by atoms with Crippen molar-refractivity contribution in [2.75, 3.05) is 6.54 Å². The Morgan fingerprint density at radius 1 is 1.80 bits per heavy atom. The Labute approximate surface area is 75.2 Å². The quantitative estimate of drug-likeness (QED) is 0.467. The number of halogens is 1. The van der Waals surface area contributed by atoms with Crippen molar-refractivity contribution in [1.82, 2.24) is 5.32 Å². The third-order valence-electron chi connectivity index (χ3n) is 1.04. The van der Waals surface area contributed by atoms with E-state index in [1.165, 1.54) is 0 Å². The minimum Gasteiger partial charge on any atom is -0.303 e. The van der Waals surface area contributed by atoms with Gasteiger partial charge in [0.1, 0.15) is 0 Å². The maximum Gasteiger partial charge on any atom is 0.206 e. The molecule has 0 bridgehead atoms. The van der Waals surface area contributed by atoms with E-state index in [9.17, 15) is 4.79 Å². The van der Waals surface area contributed by atoms with Crippen LogP contribution in [-0.2, 0) is 4.79 Å². The first-order valence-electron chi connectivity index (χ1n) is 3.21. The molecule has 10 heavy (non-hydrogen) atoms. The lowest BCUT2D eigenvalue weighted by Crippen LogP contribution is -2.27. The molecule has 0 aromatic heterocycles. The van der Waals surface area contributed by atoms with Gasteiger partial charge in [0, 0.05) is 28.6 Å². The molecular weight excluding hydrogens is 241 g/mol. The van der Waals surface area contributed by atoms with Gasteiger partial charge in [-0.1, -0.05) is 12.2 Å². The Morgan fingerprint density at radius 2 is 2.40 bits per heavy atom.